The molecule has 10 heteroatoms. The van der Waals surface area contributed by atoms with Crippen LogP contribution in [0.5, 0.6) is 5.88 Å². The van der Waals surface area contributed by atoms with Crippen molar-refractivity contribution in [1.29, 1.82) is 0 Å². The van der Waals surface area contributed by atoms with Crippen LogP contribution in [0.4, 0.5) is 9.18 Å². The summed E-state index contributed by atoms with van der Waals surface area (Å²) in [5.41, 5.74) is -0.815. The Labute approximate surface area is 197 Å². The minimum Gasteiger partial charge on any atom is -0.470 e. The van der Waals surface area contributed by atoms with Crippen molar-refractivity contribution in [3.63, 3.8) is 0 Å². The Hall–Kier alpha value is -2.68. The number of nitrogens with zero attached hydrogens (tertiary/aromatic N) is 3. The molecule has 1 saturated heterocycles. The van der Waals surface area contributed by atoms with E-state index in [4.69, 9.17) is 25.8 Å². The molecule has 1 amide bonds. The lowest BCUT2D eigenvalue weighted by Crippen LogP contribution is -2.47. The van der Waals surface area contributed by atoms with Crippen molar-refractivity contribution < 1.29 is 28.2 Å². The summed E-state index contributed by atoms with van der Waals surface area (Å²) >= 11 is 6.25. The third kappa shape index (κ3) is 6.01. The highest BCUT2D eigenvalue weighted by atomic mass is 35.5. The number of aromatic nitrogens is 2. The average molecular weight is 482 g/mol. The number of hydrogen-bond acceptors (Lipinski definition) is 7. The quantitative estimate of drug-likeness (QED) is 0.583. The highest BCUT2D eigenvalue weighted by molar-refractivity contribution is 6.31. The predicted octanol–water partition coefficient (Wildman–Crippen LogP) is 4.77. The molecule has 8 nitrogen and oxygen atoms in total. The molecular formula is C23H29ClFN3O5. The maximum atomic E-state index is 13.6. The highest BCUT2D eigenvalue weighted by Gasteiger charge is 2.50. The van der Waals surface area contributed by atoms with E-state index in [9.17, 15) is 14.0 Å². The first-order valence-corrected chi connectivity index (χ1v) is 11.0. The summed E-state index contributed by atoms with van der Waals surface area (Å²) in [5.74, 6) is -1.53. The normalized spacial score (nSPS) is 21.2. The summed E-state index contributed by atoms with van der Waals surface area (Å²) in [4.78, 5) is 35.7. The van der Waals surface area contributed by atoms with Crippen molar-refractivity contribution in [3.05, 3.63) is 29.2 Å². The van der Waals surface area contributed by atoms with E-state index in [2.05, 4.69) is 9.97 Å². The van der Waals surface area contributed by atoms with Crippen LogP contribution in [0.2, 0.25) is 5.15 Å². The Balaban J connectivity index is 1.91. The van der Waals surface area contributed by atoms with Crippen molar-refractivity contribution in [2.45, 2.75) is 71.8 Å². The smallest absolute Gasteiger partial charge is 0.411 e. The summed E-state index contributed by atoms with van der Waals surface area (Å²) in [6.07, 6.45) is -1.32. The number of amides is 1. The van der Waals surface area contributed by atoms with E-state index >= 15 is 0 Å². The number of carbonyl (C=O) groups is 2. The molecule has 0 saturated carbocycles. The number of benzene rings is 1. The maximum absolute atomic E-state index is 13.6. The molecular weight excluding hydrogens is 453 g/mol. The number of carbonyl (C=O) groups excluding carboxylic acids is 2. The Morgan fingerprint density at radius 2 is 1.70 bits per heavy atom. The van der Waals surface area contributed by atoms with Crippen molar-refractivity contribution in [2.75, 3.05) is 6.54 Å². The van der Waals surface area contributed by atoms with E-state index < -0.39 is 47.1 Å². The molecule has 1 aromatic carbocycles. The third-order valence-corrected chi connectivity index (χ3v) is 5.14. The molecule has 1 aliphatic heterocycles. The largest absolute Gasteiger partial charge is 0.470 e. The SMILES string of the molecule is C[C@@H]1[C@@H](Oc2nc3cc(F)ccc3nc2Cl)CN(C(=O)OC(C)(C)C)[C@@H]1C(=O)OC(C)(C)C. The van der Waals surface area contributed by atoms with Gasteiger partial charge >= 0.3 is 12.1 Å². The highest BCUT2D eigenvalue weighted by Crippen LogP contribution is 2.33. The van der Waals surface area contributed by atoms with E-state index in [1.54, 1.807) is 48.5 Å². The van der Waals surface area contributed by atoms with Crippen molar-refractivity contribution in [2.24, 2.45) is 5.92 Å². The van der Waals surface area contributed by atoms with Crippen LogP contribution >= 0.6 is 11.6 Å². The number of esters is 1. The van der Waals surface area contributed by atoms with Crippen LogP contribution in [-0.2, 0) is 14.3 Å². The summed E-state index contributed by atoms with van der Waals surface area (Å²) in [5, 5.41) is -0.00848. The number of rotatable bonds is 3. The lowest BCUT2D eigenvalue weighted by Gasteiger charge is -2.30. The van der Waals surface area contributed by atoms with E-state index in [0.29, 0.717) is 5.52 Å². The maximum Gasteiger partial charge on any atom is 0.411 e. The number of fused-ring (bicyclic) bond motifs is 1. The minimum absolute atomic E-state index is 0.00848. The molecule has 3 rings (SSSR count). The number of likely N-dealkylation sites (tertiary alicyclic amines) is 1. The van der Waals surface area contributed by atoms with Gasteiger partial charge in [0.25, 0.3) is 5.88 Å². The second-order valence-electron chi connectivity index (χ2n) is 10.1. The van der Waals surface area contributed by atoms with Crippen LogP contribution in [0.3, 0.4) is 0 Å². The number of hydrogen-bond donors (Lipinski definition) is 0. The summed E-state index contributed by atoms with van der Waals surface area (Å²) in [6.45, 7) is 12.3. The first-order valence-electron chi connectivity index (χ1n) is 10.7. The van der Waals surface area contributed by atoms with Gasteiger partial charge in [0.15, 0.2) is 5.15 Å². The molecule has 1 aromatic heterocycles. The zero-order chi connectivity index (χ0) is 24.7. The lowest BCUT2D eigenvalue weighted by molar-refractivity contribution is -0.161. The van der Waals surface area contributed by atoms with Gasteiger partial charge in [0.05, 0.1) is 17.6 Å². The first-order chi connectivity index (χ1) is 15.1. The number of ether oxygens (including phenoxy) is 3. The zero-order valence-electron chi connectivity index (χ0n) is 19.8. The molecule has 0 N–H and O–H groups in total. The lowest BCUT2D eigenvalue weighted by atomic mass is 10.0. The molecule has 2 heterocycles. The summed E-state index contributed by atoms with van der Waals surface area (Å²) < 4.78 is 30.7. The predicted molar refractivity (Wildman–Crippen MR) is 121 cm³/mol. The molecule has 33 heavy (non-hydrogen) atoms. The topological polar surface area (TPSA) is 90.9 Å². The van der Waals surface area contributed by atoms with Gasteiger partial charge in [0.1, 0.15) is 29.2 Å². The molecule has 0 bridgehead atoms. The molecule has 1 aliphatic rings. The van der Waals surface area contributed by atoms with Gasteiger partial charge < -0.3 is 14.2 Å². The molecule has 3 atom stereocenters. The van der Waals surface area contributed by atoms with E-state index in [-0.39, 0.29) is 23.1 Å². The van der Waals surface area contributed by atoms with Crippen LogP contribution in [0.15, 0.2) is 18.2 Å². The van der Waals surface area contributed by atoms with Crippen LogP contribution in [0.1, 0.15) is 48.5 Å². The zero-order valence-corrected chi connectivity index (χ0v) is 20.6. The van der Waals surface area contributed by atoms with Gasteiger partial charge in [-0.15, -0.1) is 0 Å². The molecule has 0 radical (unpaired) electrons. The van der Waals surface area contributed by atoms with Crippen molar-refractivity contribution in [3.8, 4) is 5.88 Å². The van der Waals surface area contributed by atoms with Crippen LogP contribution in [0, 0.1) is 11.7 Å². The standard InChI is InChI=1S/C23H29ClFN3O5/c1-12-16(31-19-18(24)26-14-9-8-13(25)10-15(14)27-19)11-28(21(30)33-23(5,6)7)17(12)20(29)32-22(2,3)4/h8-10,12,16-17H,11H2,1-7H3/t12-,16+,17+/m1/s1. The van der Waals surface area contributed by atoms with Gasteiger partial charge in [-0.2, -0.15) is 0 Å². The van der Waals surface area contributed by atoms with Crippen LogP contribution in [-0.4, -0.2) is 56.8 Å². The molecule has 180 valence electrons. The molecule has 1 fully saturated rings. The fourth-order valence-electron chi connectivity index (χ4n) is 3.53. The van der Waals surface area contributed by atoms with E-state index in [1.165, 1.54) is 23.1 Å². The molecule has 2 aromatic rings. The molecule has 0 aliphatic carbocycles. The Morgan fingerprint density at radius 1 is 1.06 bits per heavy atom. The monoisotopic (exact) mass is 481 g/mol. The van der Waals surface area contributed by atoms with Gasteiger partial charge in [-0.25, -0.2) is 23.9 Å². The molecule has 0 unspecified atom stereocenters. The third-order valence-electron chi connectivity index (χ3n) is 4.89. The van der Waals surface area contributed by atoms with E-state index in [1.807, 2.05) is 0 Å². The average Bonchev–Trinajstić information content (AvgIpc) is 2.96. The number of halogens is 2. The van der Waals surface area contributed by atoms with Crippen molar-refractivity contribution >= 4 is 34.7 Å². The summed E-state index contributed by atoms with van der Waals surface area (Å²) in [7, 11) is 0. The fourth-order valence-corrected chi connectivity index (χ4v) is 3.70. The van der Waals surface area contributed by atoms with Gasteiger partial charge in [-0.1, -0.05) is 18.5 Å². The Kier molecular flexibility index (Phi) is 6.75. The fraction of sp³-hybridized carbons (Fsp3) is 0.565. The molecule has 0 spiro atoms. The summed E-state index contributed by atoms with van der Waals surface area (Å²) in [6, 6.07) is 3.01. The van der Waals surface area contributed by atoms with E-state index in [0.717, 1.165) is 0 Å². The minimum atomic E-state index is -0.936. The van der Waals surface area contributed by atoms with Gasteiger partial charge in [-0.3, -0.25) is 4.90 Å². The Bertz CT molecular complexity index is 1070. The Morgan fingerprint density at radius 3 is 2.30 bits per heavy atom. The van der Waals surface area contributed by atoms with Crippen LogP contribution in [0.25, 0.3) is 11.0 Å². The van der Waals surface area contributed by atoms with Gasteiger partial charge in [-0.05, 0) is 53.7 Å². The van der Waals surface area contributed by atoms with Crippen LogP contribution < -0.4 is 4.74 Å². The first kappa shape index (κ1) is 25.0. The van der Waals surface area contributed by atoms with Crippen molar-refractivity contribution in [1.82, 2.24) is 14.9 Å². The van der Waals surface area contributed by atoms with Gasteiger partial charge in [0, 0.05) is 12.0 Å². The second kappa shape index (κ2) is 8.93. The second-order valence-corrected chi connectivity index (χ2v) is 10.4. The van der Waals surface area contributed by atoms with Gasteiger partial charge in [0.2, 0.25) is 0 Å².